The molecule has 2 saturated heterocycles. The molecule has 2 aliphatic rings. The number of thioether (sulfide) groups is 1. The Labute approximate surface area is 129 Å². The quantitative estimate of drug-likeness (QED) is 0.806. The van der Waals surface area contributed by atoms with Crippen LogP contribution in [0, 0.1) is 23.7 Å². The van der Waals surface area contributed by atoms with Crippen molar-refractivity contribution < 1.29 is 4.74 Å². The van der Waals surface area contributed by atoms with E-state index in [0.29, 0.717) is 0 Å². The molecule has 20 heavy (non-hydrogen) atoms. The summed E-state index contributed by atoms with van der Waals surface area (Å²) in [5, 5.41) is 3.63. The predicted octanol–water partition coefficient (Wildman–Crippen LogP) is 3.81. The molecule has 2 aliphatic heterocycles. The highest BCUT2D eigenvalue weighted by Crippen LogP contribution is 2.43. The van der Waals surface area contributed by atoms with Crippen LogP contribution in [0.25, 0.3) is 0 Å². The van der Waals surface area contributed by atoms with Crippen molar-refractivity contribution in [1.82, 2.24) is 5.32 Å². The van der Waals surface area contributed by atoms with Gasteiger partial charge in [-0.05, 0) is 61.8 Å². The van der Waals surface area contributed by atoms with Crippen molar-refractivity contribution in [2.45, 2.75) is 52.6 Å². The van der Waals surface area contributed by atoms with Crippen LogP contribution >= 0.6 is 11.8 Å². The summed E-state index contributed by atoms with van der Waals surface area (Å²) >= 11 is 2.08. The first kappa shape index (κ1) is 16.6. The van der Waals surface area contributed by atoms with E-state index in [1.807, 2.05) is 0 Å². The second-order valence-corrected chi connectivity index (χ2v) is 8.58. The van der Waals surface area contributed by atoms with Crippen LogP contribution in [0.1, 0.15) is 47.0 Å². The van der Waals surface area contributed by atoms with Crippen LogP contribution in [0.15, 0.2) is 0 Å². The Hall–Kier alpha value is 0.270. The van der Waals surface area contributed by atoms with Crippen LogP contribution in [0.2, 0.25) is 0 Å². The Kier molecular flexibility index (Phi) is 6.25. The molecule has 1 N–H and O–H groups in total. The largest absolute Gasteiger partial charge is 0.374 e. The van der Waals surface area contributed by atoms with Crippen molar-refractivity contribution in [3.8, 4) is 0 Å². The van der Waals surface area contributed by atoms with Gasteiger partial charge in [0.25, 0.3) is 0 Å². The summed E-state index contributed by atoms with van der Waals surface area (Å²) in [6, 6.07) is 0. The second-order valence-electron chi connectivity index (χ2n) is 7.48. The van der Waals surface area contributed by atoms with E-state index >= 15 is 0 Å². The lowest BCUT2D eigenvalue weighted by molar-refractivity contribution is -0.0914. The van der Waals surface area contributed by atoms with Gasteiger partial charge in [0.2, 0.25) is 0 Å². The molecule has 0 saturated carbocycles. The smallest absolute Gasteiger partial charge is 0.0783 e. The second kappa shape index (κ2) is 7.51. The maximum absolute atomic E-state index is 6.16. The first-order valence-electron chi connectivity index (χ1n) is 8.45. The molecule has 3 heteroatoms. The first-order chi connectivity index (χ1) is 9.52. The van der Waals surface area contributed by atoms with E-state index in [1.54, 1.807) is 0 Å². The van der Waals surface area contributed by atoms with Crippen LogP contribution in [-0.2, 0) is 4.74 Å². The van der Waals surface area contributed by atoms with Gasteiger partial charge in [0.1, 0.15) is 0 Å². The van der Waals surface area contributed by atoms with E-state index in [9.17, 15) is 0 Å². The van der Waals surface area contributed by atoms with Gasteiger partial charge in [0.05, 0.1) is 5.60 Å². The lowest BCUT2D eigenvalue weighted by Gasteiger charge is -2.41. The monoisotopic (exact) mass is 299 g/mol. The van der Waals surface area contributed by atoms with Crippen molar-refractivity contribution in [3.05, 3.63) is 0 Å². The molecular weight excluding hydrogens is 266 g/mol. The molecule has 0 aromatic carbocycles. The van der Waals surface area contributed by atoms with Crippen molar-refractivity contribution in [2.24, 2.45) is 23.7 Å². The SMILES string of the molecule is CC(C)CNCC(C)C(C)C1CCOC2(CCSC2)C1. The van der Waals surface area contributed by atoms with E-state index in [4.69, 9.17) is 4.74 Å². The molecule has 0 aromatic rings. The van der Waals surface area contributed by atoms with E-state index in [2.05, 4.69) is 44.8 Å². The molecule has 0 aromatic heterocycles. The van der Waals surface area contributed by atoms with Crippen molar-refractivity contribution >= 4 is 11.8 Å². The van der Waals surface area contributed by atoms with Gasteiger partial charge in [-0.2, -0.15) is 11.8 Å². The number of ether oxygens (including phenoxy) is 1. The zero-order valence-electron chi connectivity index (χ0n) is 13.8. The summed E-state index contributed by atoms with van der Waals surface area (Å²) in [6.45, 7) is 12.7. The Balaban J connectivity index is 1.80. The Morgan fingerprint density at radius 2 is 2.05 bits per heavy atom. The lowest BCUT2D eigenvalue weighted by atomic mass is 9.74. The van der Waals surface area contributed by atoms with Gasteiger partial charge in [-0.15, -0.1) is 0 Å². The van der Waals surface area contributed by atoms with Gasteiger partial charge >= 0.3 is 0 Å². The van der Waals surface area contributed by atoms with E-state index in [-0.39, 0.29) is 5.60 Å². The number of rotatable bonds is 6. The summed E-state index contributed by atoms with van der Waals surface area (Å²) in [7, 11) is 0. The minimum atomic E-state index is 0.243. The van der Waals surface area contributed by atoms with Crippen molar-refractivity contribution in [1.29, 1.82) is 0 Å². The Morgan fingerprint density at radius 1 is 1.25 bits per heavy atom. The van der Waals surface area contributed by atoms with E-state index in [1.165, 1.54) is 37.3 Å². The molecule has 0 radical (unpaired) electrons. The highest BCUT2D eigenvalue weighted by atomic mass is 32.2. The molecule has 2 heterocycles. The first-order valence-corrected chi connectivity index (χ1v) is 9.60. The molecule has 4 atom stereocenters. The molecule has 4 unspecified atom stereocenters. The average molecular weight is 300 g/mol. The van der Waals surface area contributed by atoms with Crippen LogP contribution in [-0.4, -0.2) is 36.8 Å². The van der Waals surface area contributed by atoms with Gasteiger partial charge in [-0.3, -0.25) is 0 Å². The molecule has 2 rings (SSSR count). The minimum absolute atomic E-state index is 0.243. The van der Waals surface area contributed by atoms with Crippen LogP contribution in [0.3, 0.4) is 0 Å². The normalized spacial score (nSPS) is 33.8. The highest BCUT2D eigenvalue weighted by molar-refractivity contribution is 7.99. The molecule has 0 aliphatic carbocycles. The summed E-state index contributed by atoms with van der Waals surface area (Å²) < 4.78 is 6.16. The van der Waals surface area contributed by atoms with Crippen molar-refractivity contribution in [2.75, 3.05) is 31.2 Å². The molecule has 2 fully saturated rings. The topological polar surface area (TPSA) is 21.3 Å². The summed E-state index contributed by atoms with van der Waals surface area (Å²) in [5.74, 6) is 5.71. The van der Waals surface area contributed by atoms with Gasteiger partial charge in [0, 0.05) is 12.4 Å². The lowest BCUT2D eigenvalue weighted by Crippen LogP contribution is -2.43. The van der Waals surface area contributed by atoms with Gasteiger partial charge in [-0.25, -0.2) is 0 Å². The van der Waals surface area contributed by atoms with Gasteiger partial charge in [-0.1, -0.05) is 27.7 Å². The molecule has 118 valence electrons. The summed E-state index contributed by atoms with van der Waals surface area (Å²) in [4.78, 5) is 0. The number of nitrogens with one attached hydrogen (secondary N) is 1. The van der Waals surface area contributed by atoms with E-state index in [0.717, 1.165) is 36.8 Å². The Bertz CT molecular complexity index is 289. The van der Waals surface area contributed by atoms with Crippen LogP contribution < -0.4 is 5.32 Å². The Morgan fingerprint density at radius 3 is 2.70 bits per heavy atom. The zero-order chi connectivity index (χ0) is 14.6. The number of hydrogen-bond acceptors (Lipinski definition) is 3. The number of hydrogen-bond donors (Lipinski definition) is 1. The standard InChI is InChI=1S/C17H33NOS/c1-13(2)10-18-11-14(3)15(4)16-5-7-19-17(9-16)6-8-20-12-17/h13-16,18H,5-12H2,1-4H3. The van der Waals surface area contributed by atoms with Gasteiger partial charge in [0.15, 0.2) is 0 Å². The molecule has 0 amide bonds. The summed E-state index contributed by atoms with van der Waals surface area (Å²) in [5.41, 5.74) is 0.243. The molecule has 2 nitrogen and oxygen atoms in total. The van der Waals surface area contributed by atoms with Gasteiger partial charge < -0.3 is 10.1 Å². The molecule has 1 spiro atoms. The molecular formula is C17H33NOS. The minimum Gasteiger partial charge on any atom is -0.374 e. The molecule has 0 bridgehead atoms. The van der Waals surface area contributed by atoms with Crippen LogP contribution in [0.5, 0.6) is 0 Å². The van der Waals surface area contributed by atoms with E-state index < -0.39 is 0 Å². The fraction of sp³-hybridized carbons (Fsp3) is 1.00. The average Bonchev–Trinajstić information content (AvgIpc) is 2.85. The third kappa shape index (κ3) is 4.38. The fourth-order valence-corrected chi connectivity index (χ4v) is 5.01. The predicted molar refractivity (Wildman–Crippen MR) is 89.4 cm³/mol. The highest BCUT2D eigenvalue weighted by Gasteiger charge is 2.42. The third-order valence-electron chi connectivity index (χ3n) is 5.26. The van der Waals surface area contributed by atoms with Crippen molar-refractivity contribution in [3.63, 3.8) is 0 Å². The third-order valence-corrected chi connectivity index (χ3v) is 6.48. The fourth-order valence-electron chi connectivity index (χ4n) is 3.63. The maximum atomic E-state index is 6.16. The maximum Gasteiger partial charge on any atom is 0.0783 e. The summed E-state index contributed by atoms with van der Waals surface area (Å²) in [6.07, 6.45) is 3.85. The zero-order valence-corrected chi connectivity index (χ0v) is 14.6. The van der Waals surface area contributed by atoms with Crippen LogP contribution in [0.4, 0.5) is 0 Å².